The highest BCUT2D eigenvalue weighted by molar-refractivity contribution is 5.98. The summed E-state index contributed by atoms with van der Waals surface area (Å²) < 4.78 is 5.32. The van der Waals surface area contributed by atoms with E-state index in [2.05, 4.69) is 44.6 Å². The summed E-state index contributed by atoms with van der Waals surface area (Å²) in [4.78, 5) is 21.2. The van der Waals surface area contributed by atoms with Gasteiger partial charge < -0.3 is 30.9 Å². The maximum absolute atomic E-state index is 12.7. The number of hydrogen-bond acceptors (Lipinski definition) is 9. The Morgan fingerprint density at radius 3 is 2.59 bits per heavy atom. The number of hydrogen-bond donors (Lipinski definition) is 4. The summed E-state index contributed by atoms with van der Waals surface area (Å²) in [6.45, 7) is 8.23. The number of anilines is 3. The van der Waals surface area contributed by atoms with Gasteiger partial charge in [-0.2, -0.15) is 4.98 Å². The van der Waals surface area contributed by atoms with Gasteiger partial charge in [-0.25, -0.2) is 0 Å². The van der Waals surface area contributed by atoms with Crippen molar-refractivity contribution in [3.8, 4) is 0 Å². The summed E-state index contributed by atoms with van der Waals surface area (Å²) in [7, 11) is 0. The van der Waals surface area contributed by atoms with Crippen molar-refractivity contribution in [3.63, 3.8) is 0 Å². The third kappa shape index (κ3) is 5.78. The first-order chi connectivity index (χ1) is 16.4. The van der Waals surface area contributed by atoms with E-state index in [1.165, 1.54) is 0 Å². The molecule has 0 spiro atoms. The molecule has 0 radical (unpaired) electrons. The van der Waals surface area contributed by atoms with Crippen molar-refractivity contribution in [2.45, 2.75) is 38.8 Å². The fraction of sp³-hybridized carbons (Fsp3) is 0.522. The van der Waals surface area contributed by atoms with Gasteiger partial charge in [0.2, 0.25) is 5.95 Å². The predicted molar refractivity (Wildman–Crippen MR) is 131 cm³/mol. The number of nitrogens with zero attached hydrogens (tertiary/aromatic N) is 5. The van der Waals surface area contributed by atoms with E-state index in [-0.39, 0.29) is 17.4 Å². The van der Waals surface area contributed by atoms with Crippen molar-refractivity contribution in [2.75, 3.05) is 49.6 Å². The third-order valence-electron chi connectivity index (χ3n) is 5.90. The number of amidine groups is 1. The second-order valence-corrected chi connectivity index (χ2v) is 8.94. The molecule has 0 aliphatic carbocycles. The number of piperidine rings is 1. The summed E-state index contributed by atoms with van der Waals surface area (Å²) in [5.74, 6) is 0.636. The Morgan fingerprint density at radius 1 is 1.18 bits per heavy atom. The molecule has 5 N–H and O–H groups in total. The van der Waals surface area contributed by atoms with Crippen LogP contribution in [-0.2, 0) is 4.74 Å². The zero-order chi connectivity index (χ0) is 24.1. The highest BCUT2D eigenvalue weighted by atomic mass is 16.5. The number of morpholine rings is 1. The van der Waals surface area contributed by atoms with E-state index in [9.17, 15) is 4.79 Å². The normalized spacial score (nSPS) is 18.7. The van der Waals surface area contributed by atoms with Gasteiger partial charge in [0.25, 0.3) is 5.91 Å². The van der Waals surface area contributed by atoms with E-state index in [1.54, 1.807) is 17.0 Å². The van der Waals surface area contributed by atoms with Crippen molar-refractivity contribution in [1.82, 2.24) is 25.4 Å². The lowest BCUT2D eigenvalue weighted by Crippen LogP contribution is -2.48. The molecule has 34 heavy (non-hydrogen) atoms. The number of rotatable bonds is 7. The monoisotopic (exact) mass is 467 g/mol. The molecule has 1 aromatic heterocycles. The number of carbonyl (C=O) groups is 1. The minimum absolute atomic E-state index is 0.0140. The van der Waals surface area contributed by atoms with Crippen LogP contribution in [-0.4, -0.2) is 83.3 Å². The van der Waals surface area contributed by atoms with E-state index in [1.807, 2.05) is 12.1 Å². The predicted octanol–water partition coefficient (Wildman–Crippen LogP) is 1.34. The van der Waals surface area contributed by atoms with Crippen LogP contribution < -0.4 is 21.3 Å². The van der Waals surface area contributed by atoms with Crippen molar-refractivity contribution in [3.05, 3.63) is 35.5 Å². The molecule has 1 amide bonds. The van der Waals surface area contributed by atoms with Crippen molar-refractivity contribution >= 4 is 29.2 Å². The van der Waals surface area contributed by atoms with Gasteiger partial charge in [-0.3, -0.25) is 10.2 Å². The number of ether oxygens (including phenoxy) is 1. The molecule has 2 fully saturated rings. The Hall–Kier alpha value is -3.31. The highest BCUT2D eigenvalue weighted by Gasteiger charge is 2.24. The minimum Gasteiger partial charge on any atom is -0.382 e. The molecular weight excluding hydrogens is 434 g/mol. The summed E-state index contributed by atoms with van der Waals surface area (Å²) >= 11 is 0. The summed E-state index contributed by atoms with van der Waals surface area (Å²) in [5.41, 5.74) is 7.25. The highest BCUT2D eigenvalue weighted by Crippen LogP contribution is 2.22. The lowest BCUT2D eigenvalue weighted by Gasteiger charge is -2.34. The molecule has 1 aromatic carbocycles. The second-order valence-electron chi connectivity index (χ2n) is 8.94. The van der Waals surface area contributed by atoms with Crippen LogP contribution in [0.15, 0.2) is 24.3 Å². The average Bonchev–Trinajstić information content (AvgIpc) is 2.84. The topological polar surface area (TPSA) is 145 Å². The summed E-state index contributed by atoms with van der Waals surface area (Å²) in [5, 5.41) is 23.1. The molecule has 11 heteroatoms. The Labute approximate surface area is 199 Å². The molecule has 2 saturated heterocycles. The van der Waals surface area contributed by atoms with Crippen LogP contribution >= 0.6 is 0 Å². The third-order valence-corrected chi connectivity index (χ3v) is 5.90. The smallest absolute Gasteiger partial charge is 0.254 e. The van der Waals surface area contributed by atoms with Crippen LogP contribution in [0.4, 0.5) is 17.5 Å². The molecule has 3 heterocycles. The lowest BCUT2D eigenvalue weighted by atomic mass is 10.1. The molecule has 2 aliphatic rings. The van der Waals surface area contributed by atoms with E-state index in [0.29, 0.717) is 61.4 Å². The Morgan fingerprint density at radius 2 is 1.91 bits per heavy atom. The molecular formula is C23H33N9O2. The maximum atomic E-state index is 12.7. The zero-order valence-corrected chi connectivity index (χ0v) is 19.8. The van der Waals surface area contributed by atoms with Gasteiger partial charge >= 0.3 is 0 Å². The van der Waals surface area contributed by atoms with Crippen LogP contribution in [0.2, 0.25) is 0 Å². The van der Waals surface area contributed by atoms with Crippen LogP contribution in [0.5, 0.6) is 0 Å². The zero-order valence-electron chi connectivity index (χ0n) is 19.8. The van der Waals surface area contributed by atoms with E-state index in [4.69, 9.17) is 15.9 Å². The molecule has 0 unspecified atom stereocenters. The number of nitrogens with two attached hydrogens (primary N) is 1. The molecule has 2 aromatic rings. The molecule has 1 atom stereocenters. The van der Waals surface area contributed by atoms with Gasteiger partial charge in [-0.1, -0.05) is 13.8 Å². The van der Waals surface area contributed by atoms with Crippen molar-refractivity contribution in [1.29, 1.82) is 5.41 Å². The SMILES string of the molecule is CC(C)N[C@@H]1CCCN(c2nnc(C(=N)N)c(Nc3ccc(C(=O)N4CCOCC4)cc3)n2)C1. The van der Waals surface area contributed by atoms with Crippen molar-refractivity contribution in [2.24, 2.45) is 5.73 Å². The van der Waals surface area contributed by atoms with Gasteiger partial charge in [0.15, 0.2) is 11.5 Å². The molecule has 0 bridgehead atoms. The molecule has 0 saturated carbocycles. The molecule has 11 nitrogen and oxygen atoms in total. The molecule has 4 rings (SSSR count). The average molecular weight is 468 g/mol. The number of nitrogen functional groups attached to an aromatic ring is 1. The van der Waals surface area contributed by atoms with Crippen LogP contribution in [0.1, 0.15) is 42.7 Å². The number of amides is 1. The largest absolute Gasteiger partial charge is 0.382 e. The number of nitrogens with one attached hydrogen (secondary N) is 3. The Bertz CT molecular complexity index is 1010. The standard InChI is InChI=1S/C23H33N9O2/c1-15(2)26-18-4-3-9-32(14-18)23-28-21(19(20(24)25)29-30-23)27-17-7-5-16(6-8-17)22(33)31-10-12-34-13-11-31/h5-8,15,18,26H,3-4,9-14H2,1-2H3,(H3,24,25)(H,27,28,30)/t18-/m1/s1. The fourth-order valence-electron chi connectivity index (χ4n) is 4.27. The fourth-order valence-corrected chi connectivity index (χ4v) is 4.27. The van der Waals surface area contributed by atoms with Gasteiger partial charge in [0.05, 0.1) is 13.2 Å². The first-order valence-electron chi connectivity index (χ1n) is 11.7. The summed E-state index contributed by atoms with van der Waals surface area (Å²) in [6, 6.07) is 7.93. The number of aromatic nitrogens is 3. The first kappa shape index (κ1) is 23.8. The van der Waals surface area contributed by atoms with Gasteiger partial charge in [0.1, 0.15) is 5.84 Å². The van der Waals surface area contributed by atoms with E-state index < -0.39 is 0 Å². The molecule has 182 valence electrons. The van der Waals surface area contributed by atoms with E-state index >= 15 is 0 Å². The van der Waals surface area contributed by atoms with Gasteiger partial charge in [-0.05, 0) is 37.1 Å². The Kier molecular flexibility index (Phi) is 7.53. The van der Waals surface area contributed by atoms with Crippen LogP contribution in [0.3, 0.4) is 0 Å². The Balaban J connectivity index is 1.50. The van der Waals surface area contributed by atoms with Crippen LogP contribution in [0.25, 0.3) is 0 Å². The second kappa shape index (κ2) is 10.7. The van der Waals surface area contributed by atoms with Gasteiger partial charge in [0, 0.05) is 49.5 Å². The first-order valence-corrected chi connectivity index (χ1v) is 11.7. The molecule has 2 aliphatic heterocycles. The van der Waals surface area contributed by atoms with Crippen molar-refractivity contribution < 1.29 is 9.53 Å². The number of carbonyl (C=O) groups excluding carboxylic acids is 1. The van der Waals surface area contributed by atoms with E-state index in [0.717, 1.165) is 25.9 Å². The lowest BCUT2D eigenvalue weighted by molar-refractivity contribution is 0.0303. The quantitative estimate of drug-likeness (QED) is 0.350. The minimum atomic E-state index is -0.217. The summed E-state index contributed by atoms with van der Waals surface area (Å²) in [6.07, 6.45) is 2.14. The van der Waals surface area contributed by atoms with Gasteiger partial charge in [-0.15, -0.1) is 10.2 Å². The number of benzene rings is 1. The van der Waals surface area contributed by atoms with Crippen LogP contribution in [0, 0.1) is 5.41 Å². The maximum Gasteiger partial charge on any atom is 0.254 e.